The van der Waals surface area contributed by atoms with Gasteiger partial charge in [-0.05, 0) is 24.5 Å². The summed E-state index contributed by atoms with van der Waals surface area (Å²) < 4.78 is 0. The third kappa shape index (κ3) is 3.06. The Bertz CT molecular complexity index is 266. The molecule has 0 bridgehead atoms. The number of thioether (sulfide) groups is 1. The van der Waals surface area contributed by atoms with E-state index in [9.17, 15) is 4.79 Å². The van der Waals surface area contributed by atoms with Crippen molar-refractivity contribution in [3.63, 3.8) is 0 Å². The molecule has 3 heteroatoms. The standard InChI is InChI=1S/C11H18OS2/c1-8-6-11(2,3)7-9(12)10(8)14-5-4-13/h13H,4-7H2,1-3H3. The fraction of sp³-hybridized carbons (Fsp3) is 0.727. The highest BCUT2D eigenvalue weighted by atomic mass is 32.2. The second-order valence-electron chi connectivity index (χ2n) is 4.62. The zero-order chi connectivity index (χ0) is 10.8. The lowest BCUT2D eigenvalue weighted by Crippen LogP contribution is -2.24. The normalized spacial score (nSPS) is 21.6. The van der Waals surface area contributed by atoms with E-state index in [0.29, 0.717) is 12.2 Å². The number of carbonyl (C=O) groups is 1. The third-order valence-corrected chi connectivity index (χ3v) is 4.16. The zero-order valence-corrected chi connectivity index (χ0v) is 10.8. The van der Waals surface area contributed by atoms with Crippen LogP contribution >= 0.6 is 24.4 Å². The first kappa shape index (κ1) is 12.2. The summed E-state index contributed by atoms with van der Waals surface area (Å²) in [5.74, 6) is 2.09. The van der Waals surface area contributed by atoms with E-state index in [1.165, 1.54) is 5.57 Å². The Morgan fingerprint density at radius 3 is 2.57 bits per heavy atom. The Hall–Kier alpha value is 0.110. The summed E-state index contributed by atoms with van der Waals surface area (Å²) in [7, 11) is 0. The van der Waals surface area contributed by atoms with Crippen LogP contribution in [0.4, 0.5) is 0 Å². The van der Waals surface area contributed by atoms with E-state index in [-0.39, 0.29) is 5.41 Å². The van der Waals surface area contributed by atoms with Gasteiger partial charge in [0.15, 0.2) is 5.78 Å². The first-order valence-corrected chi connectivity index (χ1v) is 6.55. The lowest BCUT2D eigenvalue weighted by molar-refractivity contribution is -0.117. The minimum atomic E-state index is 0.159. The van der Waals surface area contributed by atoms with Crippen LogP contribution in [0.15, 0.2) is 10.5 Å². The molecule has 1 aliphatic rings. The molecule has 0 N–H and O–H groups in total. The lowest BCUT2D eigenvalue weighted by Gasteiger charge is -2.30. The minimum Gasteiger partial charge on any atom is -0.294 e. The van der Waals surface area contributed by atoms with Crippen LogP contribution in [0.25, 0.3) is 0 Å². The van der Waals surface area contributed by atoms with Gasteiger partial charge >= 0.3 is 0 Å². The van der Waals surface area contributed by atoms with Crippen molar-refractivity contribution in [2.45, 2.75) is 33.6 Å². The van der Waals surface area contributed by atoms with Crippen molar-refractivity contribution >= 4 is 30.2 Å². The molecule has 0 unspecified atom stereocenters. The maximum atomic E-state index is 11.8. The van der Waals surface area contributed by atoms with Gasteiger partial charge in [0, 0.05) is 17.1 Å². The highest BCUT2D eigenvalue weighted by Crippen LogP contribution is 2.40. The van der Waals surface area contributed by atoms with Gasteiger partial charge in [-0.2, -0.15) is 12.6 Å². The molecule has 0 heterocycles. The maximum Gasteiger partial charge on any atom is 0.169 e. The summed E-state index contributed by atoms with van der Waals surface area (Å²) in [4.78, 5) is 12.8. The highest BCUT2D eigenvalue weighted by Gasteiger charge is 2.30. The number of rotatable bonds is 3. The van der Waals surface area contributed by atoms with E-state index in [1.807, 2.05) is 0 Å². The van der Waals surface area contributed by atoms with Crippen molar-refractivity contribution in [2.75, 3.05) is 11.5 Å². The van der Waals surface area contributed by atoms with Crippen molar-refractivity contribution in [1.29, 1.82) is 0 Å². The first-order valence-electron chi connectivity index (χ1n) is 4.93. The molecule has 0 aromatic rings. The summed E-state index contributed by atoms with van der Waals surface area (Å²) in [5, 5.41) is 0. The summed E-state index contributed by atoms with van der Waals surface area (Å²) >= 11 is 5.83. The number of allylic oxidation sites excluding steroid dienone is 2. The largest absolute Gasteiger partial charge is 0.294 e. The summed E-state index contributed by atoms with van der Waals surface area (Å²) in [5.41, 5.74) is 1.42. The molecule has 1 aliphatic carbocycles. The van der Waals surface area contributed by atoms with Crippen molar-refractivity contribution in [3.05, 3.63) is 10.5 Å². The fourth-order valence-corrected chi connectivity index (χ4v) is 3.09. The van der Waals surface area contributed by atoms with Gasteiger partial charge in [-0.15, -0.1) is 11.8 Å². The number of ketones is 1. The molecule has 1 nitrogen and oxygen atoms in total. The molecule has 0 radical (unpaired) electrons. The van der Waals surface area contributed by atoms with Crippen LogP contribution in [0.5, 0.6) is 0 Å². The van der Waals surface area contributed by atoms with Gasteiger partial charge in [-0.25, -0.2) is 0 Å². The number of hydrogen-bond donors (Lipinski definition) is 1. The molecular formula is C11H18OS2. The van der Waals surface area contributed by atoms with Crippen molar-refractivity contribution < 1.29 is 4.79 Å². The summed E-state index contributed by atoms with van der Waals surface area (Å²) in [6, 6.07) is 0. The summed E-state index contributed by atoms with van der Waals surface area (Å²) in [6.45, 7) is 6.41. The second kappa shape index (κ2) is 4.75. The van der Waals surface area contributed by atoms with Gasteiger partial charge in [0.05, 0.1) is 0 Å². The van der Waals surface area contributed by atoms with Gasteiger partial charge in [0.2, 0.25) is 0 Å². The van der Waals surface area contributed by atoms with Crippen molar-refractivity contribution in [1.82, 2.24) is 0 Å². The summed E-state index contributed by atoms with van der Waals surface area (Å²) in [6.07, 6.45) is 1.74. The Kier molecular flexibility index (Phi) is 4.14. The molecule has 0 fully saturated rings. The van der Waals surface area contributed by atoms with Crippen molar-refractivity contribution in [3.8, 4) is 0 Å². The van der Waals surface area contributed by atoms with Gasteiger partial charge < -0.3 is 0 Å². The van der Waals surface area contributed by atoms with E-state index in [1.54, 1.807) is 11.8 Å². The molecular weight excluding hydrogens is 212 g/mol. The van der Waals surface area contributed by atoms with E-state index >= 15 is 0 Å². The molecule has 0 spiro atoms. The molecule has 0 aromatic heterocycles. The zero-order valence-electron chi connectivity index (χ0n) is 9.09. The second-order valence-corrected chi connectivity index (χ2v) is 6.17. The predicted molar refractivity (Wildman–Crippen MR) is 67.0 cm³/mol. The highest BCUT2D eigenvalue weighted by molar-refractivity contribution is 8.04. The van der Waals surface area contributed by atoms with Gasteiger partial charge in [-0.1, -0.05) is 19.4 Å². The molecule has 0 aromatic carbocycles. The van der Waals surface area contributed by atoms with Crippen molar-refractivity contribution in [2.24, 2.45) is 5.41 Å². The number of hydrogen-bond acceptors (Lipinski definition) is 3. The molecule has 80 valence electrons. The van der Waals surface area contributed by atoms with Gasteiger partial charge in [-0.3, -0.25) is 4.79 Å². The van der Waals surface area contributed by atoms with E-state index < -0.39 is 0 Å². The van der Waals surface area contributed by atoms with E-state index in [0.717, 1.165) is 22.8 Å². The number of thiol groups is 1. The minimum absolute atomic E-state index is 0.159. The van der Waals surface area contributed by atoms with Crippen LogP contribution in [0.2, 0.25) is 0 Å². The van der Waals surface area contributed by atoms with Crippen LogP contribution in [0.3, 0.4) is 0 Å². The van der Waals surface area contributed by atoms with Gasteiger partial charge in [0.25, 0.3) is 0 Å². The molecule has 0 aliphatic heterocycles. The molecule has 1 rings (SSSR count). The Balaban J connectivity index is 2.77. The average Bonchev–Trinajstić information content (AvgIpc) is 2.00. The van der Waals surface area contributed by atoms with Gasteiger partial charge in [0.1, 0.15) is 0 Å². The maximum absolute atomic E-state index is 11.8. The van der Waals surface area contributed by atoms with Crippen LogP contribution in [0.1, 0.15) is 33.6 Å². The fourth-order valence-electron chi connectivity index (χ4n) is 1.96. The molecule has 0 saturated heterocycles. The van der Waals surface area contributed by atoms with Crippen LogP contribution in [0, 0.1) is 5.41 Å². The smallest absolute Gasteiger partial charge is 0.169 e. The Morgan fingerprint density at radius 2 is 2.07 bits per heavy atom. The van der Waals surface area contributed by atoms with Crippen LogP contribution in [-0.2, 0) is 4.79 Å². The van der Waals surface area contributed by atoms with E-state index in [4.69, 9.17) is 0 Å². The Labute approximate surface area is 96.1 Å². The third-order valence-electron chi connectivity index (χ3n) is 2.36. The Morgan fingerprint density at radius 1 is 1.43 bits per heavy atom. The first-order chi connectivity index (χ1) is 6.46. The number of Topliss-reactive ketones (excluding diaryl/α,β-unsaturated/α-hetero) is 1. The molecule has 0 atom stereocenters. The molecule has 14 heavy (non-hydrogen) atoms. The number of carbonyl (C=O) groups excluding carboxylic acids is 1. The molecule has 0 amide bonds. The van der Waals surface area contributed by atoms with Crippen LogP contribution < -0.4 is 0 Å². The SMILES string of the molecule is CC1=C(SCCS)C(=O)CC(C)(C)C1. The average molecular weight is 230 g/mol. The molecule has 0 saturated carbocycles. The quantitative estimate of drug-likeness (QED) is 0.749. The van der Waals surface area contributed by atoms with Crippen LogP contribution in [-0.4, -0.2) is 17.3 Å². The monoisotopic (exact) mass is 230 g/mol. The predicted octanol–water partition coefficient (Wildman–Crippen LogP) is 3.31. The van der Waals surface area contributed by atoms with E-state index in [2.05, 4.69) is 33.4 Å². The lowest BCUT2D eigenvalue weighted by atomic mass is 9.77. The topological polar surface area (TPSA) is 17.1 Å².